The minimum Gasteiger partial charge on any atom is -0.487 e. The molecule has 23 heavy (non-hydrogen) atoms. The molecule has 3 rings (SSSR count). The van der Waals surface area contributed by atoms with Gasteiger partial charge in [0.2, 0.25) is 0 Å². The molecule has 0 bridgehead atoms. The Kier molecular flexibility index (Phi) is 4.68. The highest BCUT2D eigenvalue weighted by Crippen LogP contribution is 2.14. The summed E-state index contributed by atoms with van der Waals surface area (Å²) >= 11 is 0. The Hall–Kier alpha value is -2.66. The van der Waals surface area contributed by atoms with Gasteiger partial charge in [-0.05, 0) is 41.8 Å². The Balaban J connectivity index is 1.64. The molecule has 0 saturated carbocycles. The summed E-state index contributed by atoms with van der Waals surface area (Å²) in [6.45, 7) is 3.06. The number of aryl methyl sites for hydroxylation is 1. The van der Waals surface area contributed by atoms with Gasteiger partial charge < -0.3 is 10.5 Å². The average molecular weight is 308 g/mol. The third kappa shape index (κ3) is 3.76. The van der Waals surface area contributed by atoms with E-state index in [4.69, 9.17) is 10.5 Å². The number of nitrogens with zero attached hydrogens (tertiary/aromatic N) is 3. The van der Waals surface area contributed by atoms with Gasteiger partial charge in [-0.15, -0.1) is 5.10 Å². The molecule has 0 saturated heterocycles. The largest absolute Gasteiger partial charge is 0.487 e. The molecule has 0 aliphatic carbocycles. The fourth-order valence-corrected chi connectivity index (χ4v) is 2.25. The number of ether oxygens (including phenoxy) is 1. The third-order valence-electron chi connectivity index (χ3n) is 3.70. The monoisotopic (exact) mass is 308 g/mol. The predicted molar refractivity (Wildman–Crippen MR) is 89.4 cm³/mol. The van der Waals surface area contributed by atoms with Crippen molar-refractivity contribution in [1.82, 2.24) is 15.0 Å². The third-order valence-corrected chi connectivity index (χ3v) is 3.70. The van der Waals surface area contributed by atoms with Crippen LogP contribution >= 0.6 is 0 Å². The normalized spacial score (nSPS) is 10.7. The second kappa shape index (κ2) is 7.07. The quantitative estimate of drug-likeness (QED) is 0.760. The van der Waals surface area contributed by atoms with E-state index in [0.29, 0.717) is 13.2 Å². The molecule has 0 radical (unpaired) electrons. The second-order valence-corrected chi connectivity index (χ2v) is 5.31. The van der Waals surface area contributed by atoms with Crippen molar-refractivity contribution in [3.05, 3.63) is 71.5 Å². The smallest absolute Gasteiger partial charge is 0.134 e. The van der Waals surface area contributed by atoms with Crippen LogP contribution in [0.1, 0.15) is 23.7 Å². The molecule has 0 atom stereocenters. The second-order valence-electron chi connectivity index (χ2n) is 5.31. The lowest BCUT2D eigenvalue weighted by Crippen LogP contribution is -1.98. The predicted octanol–water partition coefficient (Wildman–Crippen LogP) is 2.87. The number of nitrogens with two attached hydrogens (primary N) is 1. The van der Waals surface area contributed by atoms with Gasteiger partial charge in [0.15, 0.2) is 0 Å². The number of hydrogen-bond acceptors (Lipinski definition) is 4. The lowest BCUT2D eigenvalue weighted by molar-refractivity contribution is 0.301. The van der Waals surface area contributed by atoms with Crippen molar-refractivity contribution in [3.63, 3.8) is 0 Å². The minimum atomic E-state index is 0.395. The molecule has 0 amide bonds. The van der Waals surface area contributed by atoms with Crippen molar-refractivity contribution in [1.29, 1.82) is 0 Å². The summed E-state index contributed by atoms with van der Waals surface area (Å²) in [6, 6.07) is 16.0. The average Bonchev–Trinajstić information content (AvgIpc) is 3.09. The molecule has 0 aliphatic heterocycles. The van der Waals surface area contributed by atoms with Crippen LogP contribution in [-0.2, 0) is 19.6 Å². The highest BCUT2D eigenvalue weighted by molar-refractivity contribution is 5.34. The Morgan fingerprint density at radius 1 is 1.00 bits per heavy atom. The van der Waals surface area contributed by atoms with Crippen molar-refractivity contribution in [2.24, 2.45) is 5.73 Å². The maximum absolute atomic E-state index is 5.74. The van der Waals surface area contributed by atoms with Gasteiger partial charge in [-0.1, -0.05) is 36.4 Å². The summed E-state index contributed by atoms with van der Waals surface area (Å²) in [5.74, 6) is 0.837. The zero-order valence-electron chi connectivity index (χ0n) is 13.1. The van der Waals surface area contributed by atoms with Gasteiger partial charge in [0, 0.05) is 6.54 Å². The number of benzene rings is 2. The van der Waals surface area contributed by atoms with Crippen molar-refractivity contribution in [2.75, 3.05) is 0 Å². The Morgan fingerprint density at radius 2 is 1.70 bits per heavy atom. The molecule has 2 N–H and O–H groups in total. The molecule has 2 aromatic carbocycles. The van der Waals surface area contributed by atoms with Crippen LogP contribution < -0.4 is 10.5 Å². The van der Waals surface area contributed by atoms with Gasteiger partial charge in [0.05, 0.1) is 11.9 Å². The summed E-state index contributed by atoms with van der Waals surface area (Å²) in [5, 5.41) is 8.28. The van der Waals surface area contributed by atoms with E-state index in [9.17, 15) is 0 Å². The first kappa shape index (κ1) is 15.2. The van der Waals surface area contributed by atoms with Crippen LogP contribution in [-0.4, -0.2) is 15.0 Å². The maximum Gasteiger partial charge on any atom is 0.134 e. The van der Waals surface area contributed by atoms with E-state index in [2.05, 4.69) is 29.4 Å². The van der Waals surface area contributed by atoms with E-state index in [-0.39, 0.29) is 0 Å². The van der Waals surface area contributed by atoms with Gasteiger partial charge in [-0.3, -0.25) is 0 Å². The molecular formula is C18H20N4O. The summed E-state index contributed by atoms with van der Waals surface area (Å²) in [4.78, 5) is 0. The fourth-order valence-electron chi connectivity index (χ4n) is 2.25. The van der Waals surface area contributed by atoms with Crippen molar-refractivity contribution in [3.8, 4) is 11.4 Å². The molecule has 5 heteroatoms. The first-order valence-electron chi connectivity index (χ1n) is 7.71. The number of rotatable bonds is 6. The lowest BCUT2D eigenvalue weighted by Gasteiger charge is -2.04. The van der Waals surface area contributed by atoms with Crippen LogP contribution in [0.15, 0.2) is 54.7 Å². The molecular weight excluding hydrogens is 288 g/mol. The van der Waals surface area contributed by atoms with E-state index in [1.54, 1.807) is 4.68 Å². The van der Waals surface area contributed by atoms with Crippen molar-refractivity contribution in [2.45, 2.75) is 26.5 Å². The van der Waals surface area contributed by atoms with Crippen LogP contribution in [0.25, 0.3) is 5.69 Å². The molecule has 0 unspecified atom stereocenters. The van der Waals surface area contributed by atoms with E-state index in [1.165, 1.54) is 5.56 Å². The summed E-state index contributed by atoms with van der Waals surface area (Å²) in [7, 11) is 0. The number of hydrogen-bond donors (Lipinski definition) is 1. The standard InChI is InChI=1S/C18H20N4O/c1-2-14-5-9-18(10-6-14)23-13-16-12-22(21-20-16)17-7-3-15(11-19)4-8-17/h3-10,12H,2,11,13,19H2,1H3. The van der Waals surface area contributed by atoms with Gasteiger partial charge in [-0.2, -0.15) is 0 Å². The Labute approximate surface area is 135 Å². The summed E-state index contributed by atoms with van der Waals surface area (Å²) in [5.41, 5.74) is 9.73. The van der Waals surface area contributed by atoms with Gasteiger partial charge >= 0.3 is 0 Å². The molecule has 0 spiro atoms. The molecule has 0 aliphatic rings. The molecule has 1 heterocycles. The van der Waals surface area contributed by atoms with Gasteiger partial charge in [-0.25, -0.2) is 4.68 Å². The topological polar surface area (TPSA) is 66.0 Å². The van der Waals surface area contributed by atoms with Crippen LogP contribution in [0.3, 0.4) is 0 Å². The highest BCUT2D eigenvalue weighted by Gasteiger charge is 2.04. The van der Waals surface area contributed by atoms with Crippen LogP contribution in [0.2, 0.25) is 0 Å². The SMILES string of the molecule is CCc1ccc(OCc2cn(-c3ccc(CN)cc3)nn2)cc1. The van der Waals surface area contributed by atoms with Crippen LogP contribution in [0.5, 0.6) is 5.75 Å². The molecule has 118 valence electrons. The van der Waals surface area contributed by atoms with Crippen LogP contribution in [0.4, 0.5) is 0 Å². The molecule has 5 nitrogen and oxygen atoms in total. The summed E-state index contributed by atoms with van der Waals surface area (Å²) in [6.07, 6.45) is 2.90. The first-order chi connectivity index (χ1) is 11.3. The lowest BCUT2D eigenvalue weighted by atomic mass is 10.2. The van der Waals surface area contributed by atoms with Gasteiger partial charge in [0.1, 0.15) is 18.1 Å². The van der Waals surface area contributed by atoms with E-state index < -0.39 is 0 Å². The van der Waals surface area contributed by atoms with Crippen molar-refractivity contribution < 1.29 is 4.74 Å². The molecule has 1 aromatic heterocycles. The van der Waals surface area contributed by atoms with E-state index in [0.717, 1.165) is 29.1 Å². The maximum atomic E-state index is 5.74. The summed E-state index contributed by atoms with van der Waals surface area (Å²) < 4.78 is 7.48. The zero-order valence-corrected chi connectivity index (χ0v) is 13.1. The van der Waals surface area contributed by atoms with Crippen LogP contribution in [0, 0.1) is 0 Å². The first-order valence-corrected chi connectivity index (χ1v) is 7.71. The Morgan fingerprint density at radius 3 is 2.35 bits per heavy atom. The van der Waals surface area contributed by atoms with E-state index >= 15 is 0 Å². The number of aromatic nitrogens is 3. The van der Waals surface area contributed by atoms with E-state index in [1.807, 2.05) is 42.6 Å². The Bertz CT molecular complexity index is 747. The highest BCUT2D eigenvalue weighted by atomic mass is 16.5. The fraction of sp³-hybridized carbons (Fsp3) is 0.222. The van der Waals surface area contributed by atoms with Crippen molar-refractivity contribution >= 4 is 0 Å². The molecule has 3 aromatic rings. The minimum absolute atomic E-state index is 0.395. The van der Waals surface area contributed by atoms with Gasteiger partial charge in [0.25, 0.3) is 0 Å². The molecule has 0 fully saturated rings. The zero-order chi connectivity index (χ0) is 16.1.